The summed E-state index contributed by atoms with van der Waals surface area (Å²) in [5, 5.41) is 3.04. The molecule has 2 amide bonds. The zero-order valence-electron chi connectivity index (χ0n) is 17.6. The molecule has 1 saturated heterocycles. The van der Waals surface area contributed by atoms with E-state index in [0.29, 0.717) is 25.9 Å². The number of benzene rings is 2. The molecule has 0 aliphatic carbocycles. The van der Waals surface area contributed by atoms with Crippen molar-refractivity contribution in [2.45, 2.75) is 33.6 Å². The number of hydrogen-bond acceptors (Lipinski definition) is 3. The van der Waals surface area contributed by atoms with Crippen molar-refractivity contribution >= 4 is 23.2 Å². The monoisotopic (exact) mass is 393 g/mol. The Bertz CT molecular complexity index is 835. The molecular formula is C24H31N3O2. The van der Waals surface area contributed by atoms with Crippen LogP contribution in [0.15, 0.2) is 48.5 Å². The van der Waals surface area contributed by atoms with Crippen LogP contribution in [0.3, 0.4) is 0 Å². The summed E-state index contributed by atoms with van der Waals surface area (Å²) in [7, 11) is 0. The molecule has 2 aromatic rings. The van der Waals surface area contributed by atoms with Crippen LogP contribution in [0.5, 0.6) is 0 Å². The summed E-state index contributed by atoms with van der Waals surface area (Å²) < 4.78 is 0. The van der Waals surface area contributed by atoms with Crippen molar-refractivity contribution in [1.82, 2.24) is 4.90 Å². The number of piperidine rings is 1. The maximum absolute atomic E-state index is 12.7. The van der Waals surface area contributed by atoms with Crippen LogP contribution in [0.25, 0.3) is 0 Å². The largest absolute Gasteiger partial charge is 0.372 e. The lowest BCUT2D eigenvalue weighted by Crippen LogP contribution is -2.41. The maximum atomic E-state index is 12.7. The molecule has 0 saturated carbocycles. The number of nitrogens with one attached hydrogen (secondary N) is 1. The minimum Gasteiger partial charge on any atom is -0.372 e. The second-order valence-corrected chi connectivity index (χ2v) is 7.59. The normalized spacial score (nSPS) is 14.5. The van der Waals surface area contributed by atoms with Crippen LogP contribution in [0.2, 0.25) is 0 Å². The van der Waals surface area contributed by atoms with Gasteiger partial charge in [-0.05, 0) is 69.5 Å². The highest BCUT2D eigenvalue weighted by molar-refractivity contribution is 5.96. The number of hydrogen-bond donors (Lipinski definition) is 1. The van der Waals surface area contributed by atoms with Crippen molar-refractivity contribution in [2.24, 2.45) is 5.92 Å². The van der Waals surface area contributed by atoms with Crippen LogP contribution in [0, 0.1) is 12.8 Å². The van der Waals surface area contributed by atoms with E-state index in [9.17, 15) is 9.59 Å². The third-order valence-corrected chi connectivity index (χ3v) is 5.79. The summed E-state index contributed by atoms with van der Waals surface area (Å²) in [6.45, 7) is 9.38. The predicted molar refractivity (Wildman–Crippen MR) is 118 cm³/mol. The fourth-order valence-corrected chi connectivity index (χ4v) is 3.92. The number of likely N-dealkylation sites (tertiary alicyclic amines) is 1. The molecule has 5 heteroatoms. The highest BCUT2D eigenvalue weighted by Crippen LogP contribution is 2.23. The number of carbonyl (C=O) groups is 2. The molecule has 29 heavy (non-hydrogen) atoms. The van der Waals surface area contributed by atoms with Gasteiger partial charge in [-0.15, -0.1) is 0 Å². The summed E-state index contributed by atoms with van der Waals surface area (Å²) in [6, 6.07) is 15.7. The van der Waals surface area contributed by atoms with E-state index < -0.39 is 0 Å². The highest BCUT2D eigenvalue weighted by Gasteiger charge is 2.28. The third kappa shape index (κ3) is 4.97. The number of carbonyl (C=O) groups excluding carboxylic acids is 2. The topological polar surface area (TPSA) is 52.7 Å². The highest BCUT2D eigenvalue weighted by atomic mass is 16.2. The Labute approximate surface area is 173 Å². The summed E-state index contributed by atoms with van der Waals surface area (Å²) >= 11 is 0. The van der Waals surface area contributed by atoms with E-state index in [1.807, 2.05) is 60.4 Å². The molecule has 3 rings (SSSR count). The van der Waals surface area contributed by atoms with Crippen molar-refractivity contribution in [1.29, 1.82) is 0 Å². The molecular weight excluding hydrogens is 362 g/mol. The van der Waals surface area contributed by atoms with Crippen molar-refractivity contribution < 1.29 is 9.59 Å². The van der Waals surface area contributed by atoms with E-state index in [1.165, 1.54) is 0 Å². The molecule has 0 spiro atoms. The van der Waals surface area contributed by atoms with E-state index in [1.54, 1.807) is 0 Å². The molecule has 1 aliphatic rings. The molecule has 154 valence electrons. The summed E-state index contributed by atoms with van der Waals surface area (Å²) in [4.78, 5) is 29.6. The van der Waals surface area contributed by atoms with Gasteiger partial charge in [-0.25, -0.2) is 0 Å². The summed E-state index contributed by atoms with van der Waals surface area (Å²) in [6.07, 6.45) is 1.39. The van der Waals surface area contributed by atoms with Crippen molar-refractivity contribution in [3.05, 3.63) is 59.7 Å². The maximum Gasteiger partial charge on any atom is 0.254 e. The van der Waals surface area contributed by atoms with Gasteiger partial charge in [0.25, 0.3) is 5.91 Å². The van der Waals surface area contributed by atoms with Gasteiger partial charge >= 0.3 is 0 Å². The Kier molecular flexibility index (Phi) is 6.91. The number of anilines is 2. The standard InChI is InChI=1S/C24H31N3O2/c1-4-26(5-2)21-12-10-20(11-13-21)25-23(28)19-14-16-27(17-15-19)24(29)22-9-7-6-8-18(22)3/h6-13,19H,4-5,14-17H2,1-3H3,(H,25,28). The van der Waals surface area contributed by atoms with E-state index in [-0.39, 0.29) is 17.7 Å². The zero-order chi connectivity index (χ0) is 20.8. The van der Waals surface area contributed by atoms with E-state index in [0.717, 1.165) is 35.6 Å². The smallest absolute Gasteiger partial charge is 0.254 e. The van der Waals surface area contributed by atoms with Gasteiger partial charge in [0.05, 0.1) is 0 Å². The predicted octanol–water partition coefficient (Wildman–Crippen LogP) is 4.33. The lowest BCUT2D eigenvalue weighted by molar-refractivity contribution is -0.121. The molecule has 1 aliphatic heterocycles. The average molecular weight is 394 g/mol. The molecule has 0 aromatic heterocycles. The lowest BCUT2D eigenvalue weighted by Gasteiger charge is -2.31. The van der Waals surface area contributed by atoms with Gasteiger partial charge in [0.15, 0.2) is 0 Å². The molecule has 1 N–H and O–H groups in total. The Balaban J connectivity index is 1.54. The lowest BCUT2D eigenvalue weighted by atomic mass is 9.95. The van der Waals surface area contributed by atoms with E-state index in [2.05, 4.69) is 24.1 Å². The molecule has 0 unspecified atom stereocenters. The first-order valence-corrected chi connectivity index (χ1v) is 10.5. The number of aryl methyl sites for hydroxylation is 1. The van der Waals surface area contributed by atoms with Crippen LogP contribution < -0.4 is 10.2 Å². The SMILES string of the molecule is CCN(CC)c1ccc(NC(=O)C2CCN(C(=O)c3ccccc3C)CC2)cc1. The zero-order valence-corrected chi connectivity index (χ0v) is 17.6. The molecule has 2 aromatic carbocycles. The first kappa shape index (κ1) is 20.9. The van der Waals surface area contributed by atoms with Crippen LogP contribution in [0.1, 0.15) is 42.6 Å². The first-order chi connectivity index (χ1) is 14.0. The van der Waals surface area contributed by atoms with Crippen LogP contribution >= 0.6 is 0 Å². The third-order valence-electron chi connectivity index (χ3n) is 5.79. The van der Waals surface area contributed by atoms with E-state index >= 15 is 0 Å². The van der Waals surface area contributed by atoms with Crippen LogP contribution in [-0.4, -0.2) is 42.9 Å². The number of nitrogens with zero attached hydrogens (tertiary/aromatic N) is 2. The van der Waals surface area contributed by atoms with Gasteiger partial charge in [-0.2, -0.15) is 0 Å². The summed E-state index contributed by atoms with van der Waals surface area (Å²) in [5.74, 6) is 0.0518. The van der Waals surface area contributed by atoms with Crippen molar-refractivity contribution in [2.75, 3.05) is 36.4 Å². The van der Waals surface area contributed by atoms with E-state index in [4.69, 9.17) is 0 Å². The second-order valence-electron chi connectivity index (χ2n) is 7.59. The minimum absolute atomic E-state index is 0.0450. The minimum atomic E-state index is -0.0571. The second kappa shape index (κ2) is 9.59. The molecule has 1 fully saturated rings. The van der Waals surface area contributed by atoms with Crippen LogP contribution in [-0.2, 0) is 4.79 Å². The summed E-state index contributed by atoms with van der Waals surface area (Å²) in [5.41, 5.74) is 3.73. The first-order valence-electron chi connectivity index (χ1n) is 10.5. The molecule has 0 bridgehead atoms. The molecule has 1 heterocycles. The molecule has 0 radical (unpaired) electrons. The van der Waals surface area contributed by atoms with Crippen molar-refractivity contribution in [3.63, 3.8) is 0 Å². The Morgan fingerprint density at radius 3 is 2.21 bits per heavy atom. The van der Waals surface area contributed by atoms with Gasteiger partial charge in [-0.3, -0.25) is 9.59 Å². The quantitative estimate of drug-likeness (QED) is 0.795. The van der Waals surface area contributed by atoms with Gasteiger partial charge in [0, 0.05) is 49.0 Å². The average Bonchev–Trinajstić information content (AvgIpc) is 2.76. The van der Waals surface area contributed by atoms with Gasteiger partial charge in [-0.1, -0.05) is 18.2 Å². The van der Waals surface area contributed by atoms with Crippen molar-refractivity contribution in [3.8, 4) is 0 Å². The number of amides is 2. The van der Waals surface area contributed by atoms with Gasteiger partial charge in [0.1, 0.15) is 0 Å². The Morgan fingerprint density at radius 1 is 1.00 bits per heavy atom. The number of rotatable bonds is 6. The van der Waals surface area contributed by atoms with Gasteiger partial charge in [0.2, 0.25) is 5.91 Å². The fraction of sp³-hybridized carbons (Fsp3) is 0.417. The molecule has 5 nitrogen and oxygen atoms in total. The Morgan fingerprint density at radius 2 is 1.62 bits per heavy atom. The van der Waals surface area contributed by atoms with Crippen LogP contribution in [0.4, 0.5) is 11.4 Å². The Hall–Kier alpha value is -2.82. The van der Waals surface area contributed by atoms with Gasteiger partial charge < -0.3 is 15.1 Å². The fourth-order valence-electron chi connectivity index (χ4n) is 3.92. The molecule has 0 atom stereocenters.